The Labute approximate surface area is 61.0 Å². The molecule has 0 saturated heterocycles. The summed E-state index contributed by atoms with van der Waals surface area (Å²) < 4.78 is 0. The van der Waals surface area contributed by atoms with E-state index in [1.54, 1.807) is 13.0 Å². The zero-order chi connectivity index (χ0) is 8.41. The fraction of sp³-hybridized carbons (Fsp3) is 0.667. The zero-order valence-corrected chi connectivity index (χ0v) is 6.04. The van der Waals surface area contributed by atoms with Gasteiger partial charge in [-0.25, -0.2) is 0 Å². The summed E-state index contributed by atoms with van der Waals surface area (Å²) >= 11 is 0. The van der Waals surface area contributed by atoms with Gasteiger partial charge in [0.25, 0.3) is 0 Å². The van der Waals surface area contributed by atoms with Gasteiger partial charge in [-0.1, -0.05) is 0 Å². The fourth-order valence-electron chi connectivity index (χ4n) is 0.0645. The lowest BCUT2D eigenvalue weighted by Gasteiger charge is -1.78. The highest BCUT2D eigenvalue weighted by molar-refractivity contribution is 4.80. The predicted octanol–water partition coefficient (Wildman–Crippen LogP) is -0.284. The first kappa shape index (κ1) is 11.7. The molecule has 56 valence electrons. The molecule has 0 spiro atoms. The molecule has 1 unspecified atom stereocenters. The number of hydrogen-bond donors (Lipinski definition) is 2. The largest absolute Gasteiger partial charge is 0.329 e. The van der Waals surface area contributed by atoms with Crippen LogP contribution in [0, 0.1) is 22.7 Å². The molecule has 0 amide bonds. The van der Waals surface area contributed by atoms with Crippen LogP contribution in [0.5, 0.6) is 0 Å². The quantitative estimate of drug-likeness (QED) is 0.523. The van der Waals surface area contributed by atoms with Crippen LogP contribution in [0.3, 0.4) is 0 Å². The Bertz CT molecular complexity index is 128. The Kier molecular flexibility index (Phi) is 12.6. The van der Waals surface area contributed by atoms with Crippen LogP contribution in [0.2, 0.25) is 0 Å². The van der Waals surface area contributed by atoms with Crippen LogP contribution in [-0.4, -0.2) is 12.6 Å². The van der Waals surface area contributed by atoms with Crippen molar-refractivity contribution >= 4 is 0 Å². The molecule has 4 N–H and O–H groups in total. The second kappa shape index (κ2) is 10.8. The maximum atomic E-state index is 7.77. The molecule has 0 aliphatic rings. The second-order valence-corrected chi connectivity index (χ2v) is 1.61. The monoisotopic (exact) mass is 140 g/mol. The van der Waals surface area contributed by atoms with Gasteiger partial charge in [0.05, 0.1) is 18.2 Å². The number of nitrogens with zero attached hydrogens (tertiary/aromatic N) is 2. The highest BCUT2D eigenvalue weighted by Gasteiger charge is 1.78. The van der Waals surface area contributed by atoms with Crippen LogP contribution in [0.1, 0.15) is 13.3 Å². The van der Waals surface area contributed by atoms with Gasteiger partial charge in [0.15, 0.2) is 0 Å². The third-order valence-corrected chi connectivity index (χ3v) is 0.460. The van der Waals surface area contributed by atoms with Crippen molar-refractivity contribution in [3.63, 3.8) is 0 Å². The van der Waals surface area contributed by atoms with Crippen molar-refractivity contribution in [3.05, 3.63) is 0 Å². The predicted molar refractivity (Wildman–Crippen MR) is 38.5 cm³/mol. The highest BCUT2D eigenvalue weighted by Crippen LogP contribution is 1.60. The van der Waals surface area contributed by atoms with E-state index in [1.807, 2.05) is 6.07 Å². The highest BCUT2D eigenvalue weighted by atomic mass is 14.6. The van der Waals surface area contributed by atoms with Gasteiger partial charge in [-0.2, -0.15) is 10.5 Å². The van der Waals surface area contributed by atoms with E-state index in [0.29, 0.717) is 13.0 Å². The lowest BCUT2D eigenvalue weighted by atomic mass is 10.4. The van der Waals surface area contributed by atoms with Crippen LogP contribution >= 0.6 is 0 Å². The molecule has 0 aromatic rings. The van der Waals surface area contributed by atoms with Crippen LogP contribution in [0.25, 0.3) is 0 Å². The maximum Gasteiger partial charge on any atom is 0.0899 e. The van der Waals surface area contributed by atoms with Crippen LogP contribution < -0.4 is 11.5 Å². The van der Waals surface area contributed by atoms with Gasteiger partial charge in [0.2, 0.25) is 0 Å². The summed E-state index contributed by atoms with van der Waals surface area (Å²) in [5.41, 5.74) is 9.85. The minimum Gasteiger partial charge on any atom is -0.329 e. The first-order valence-electron chi connectivity index (χ1n) is 2.91. The smallest absolute Gasteiger partial charge is 0.0899 e. The van der Waals surface area contributed by atoms with Crippen molar-refractivity contribution in [1.29, 1.82) is 10.5 Å². The van der Waals surface area contributed by atoms with E-state index in [-0.39, 0.29) is 6.04 Å². The molecule has 0 radical (unpaired) electrons. The minimum absolute atomic E-state index is 0.310. The van der Waals surface area contributed by atoms with Crippen molar-refractivity contribution in [2.24, 2.45) is 11.5 Å². The van der Waals surface area contributed by atoms with E-state index >= 15 is 0 Å². The van der Waals surface area contributed by atoms with Gasteiger partial charge >= 0.3 is 0 Å². The molecule has 1 atom stereocenters. The molecule has 0 aromatic heterocycles. The van der Waals surface area contributed by atoms with E-state index < -0.39 is 0 Å². The molecule has 0 bridgehead atoms. The summed E-state index contributed by atoms with van der Waals surface area (Å²) in [5.74, 6) is 0. The Hall–Kier alpha value is -1.10. The molecule has 4 nitrogen and oxygen atoms in total. The molecule has 0 aliphatic heterocycles. The average Bonchev–Trinajstić information content (AvgIpc) is 1.91. The number of rotatable bonds is 1. The van der Waals surface area contributed by atoms with Crippen molar-refractivity contribution in [2.75, 3.05) is 6.54 Å². The summed E-state index contributed by atoms with van der Waals surface area (Å²) in [5, 5.41) is 15.5. The van der Waals surface area contributed by atoms with Gasteiger partial charge in [-0.05, 0) is 6.92 Å². The molecule has 0 aromatic carbocycles. The van der Waals surface area contributed by atoms with Crippen molar-refractivity contribution < 1.29 is 0 Å². The Morgan fingerprint density at radius 3 is 1.90 bits per heavy atom. The molecule has 4 heteroatoms. The number of nitriles is 2. The Morgan fingerprint density at radius 1 is 1.50 bits per heavy atom. The summed E-state index contributed by atoms with van der Waals surface area (Å²) in [6, 6.07) is 3.39. The molecule has 0 heterocycles. The average molecular weight is 140 g/mol. The SMILES string of the molecule is CC(N)C#N.N#CCCN. The Balaban J connectivity index is 0. The van der Waals surface area contributed by atoms with Crippen LogP contribution in [0.15, 0.2) is 0 Å². The van der Waals surface area contributed by atoms with Gasteiger partial charge in [-0.15, -0.1) is 0 Å². The maximum absolute atomic E-state index is 7.77. The number of nitrogens with two attached hydrogens (primary N) is 2. The van der Waals surface area contributed by atoms with Crippen molar-refractivity contribution in [2.45, 2.75) is 19.4 Å². The molecular weight excluding hydrogens is 128 g/mol. The van der Waals surface area contributed by atoms with Gasteiger partial charge in [0, 0.05) is 13.0 Å². The van der Waals surface area contributed by atoms with E-state index in [9.17, 15) is 0 Å². The van der Waals surface area contributed by atoms with Crippen molar-refractivity contribution in [3.8, 4) is 12.1 Å². The molecule has 0 saturated carbocycles. The first-order valence-corrected chi connectivity index (χ1v) is 2.91. The molecular formula is C6H12N4. The van der Waals surface area contributed by atoms with Crippen LogP contribution in [0.4, 0.5) is 0 Å². The lowest BCUT2D eigenvalue weighted by molar-refractivity contribution is 0.940. The van der Waals surface area contributed by atoms with E-state index in [4.69, 9.17) is 22.0 Å². The molecule has 0 aliphatic carbocycles. The third kappa shape index (κ3) is 28.6. The van der Waals surface area contributed by atoms with Gasteiger partial charge in [0.1, 0.15) is 0 Å². The zero-order valence-electron chi connectivity index (χ0n) is 6.04. The lowest BCUT2D eigenvalue weighted by Crippen LogP contribution is -2.09. The van der Waals surface area contributed by atoms with Crippen molar-refractivity contribution in [1.82, 2.24) is 0 Å². The minimum atomic E-state index is -0.310. The van der Waals surface area contributed by atoms with Crippen LogP contribution in [-0.2, 0) is 0 Å². The number of hydrogen-bond acceptors (Lipinski definition) is 4. The van der Waals surface area contributed by atoms with Gasteiger partial charge in [-0.3, -0.25) is 0 Å². The second-order valence-electron chi connectivity index (χ2n) is 1.61. The first-order chi connectivity index (χ1) is 4.68. The normalized spacial score (nSPS) is 9.70. The molecule has 0 fully saturated rings. The van der Waals surface area contributed by atoms with E-state index in [0.717, 1.165) is 0 Å². The van der Waals surface area contributed by atoms with E-state index in [2.05, 4.69) is 0 Å². The van der Waals surface area contributed by atoms with E-state index in [1.165, 1.54) is 0 Å². The molecule has 0 rings (SSSR count). The molecule has 10 heavy (non-hydrogen) atoms. The third-order valence-electron chi connectivity index (χ3n) is 0.460. The van der Waals surface area contributed by atoms with Gasteiger partial charge < -0.3 is 11.5 Å². The summed E-state index contributed by atoms with van der Waals surface area (Å²) in [7, 11) is 0. The fourth-order valence-corrected chi connectivity index (χ4v) is 0.0645. The summed E-state index contributed by atoms with van der Waals surface area (Å²) in [6.07, 6.45) is 0.472. The summed E-state index contributed by atoms with van der Waals surface area (Å²) in [4.78, 5) is 0. The summed E-state index contributed by atoms with van der Waals surface area (Å²) in [6.45, 7) is 2.12. The standard InChI is InChI=1S/2C3H6N2/c1-3(5)2-4;4-2-1-3-5/h3H,5H2,1H3;1-2,4H2. The Morgan fingerprint density at radius 2 is 1.90 bits per heavy atom. The topological polar surface area (TPSA) is 99.6 Å².